The Hall–Kier alpha value is -0.930. The Labute approximate surface area is 117 Å². The maximum atomic E-state index is 12.2. The smallest absolute Gasteiger partial charge is 0.233 e. The van der Waals surface area contributed by atoms with Gasteiger partial charge in [0.2, 0.25) is 5.91 Å². The van der Waals surface area contributed by atoms with Crippen molar-refractivity contribution in [2.75, 3.05) is 24.3 Å². The van der Waals surface area contributed by atoms with Gasteiger partial charge in [0.25, 0.3) is 0 Å². The van der Waals surface area contributed by atoms with Crippen molar-refractivity contribution in [3.8, 4) is 0 Å². The first-order chi connectivity index (χ1) is 8.28. The monoisotopic (exact) mass is 286 g/mol. The number of carbonyl (C=O) groups is 1. The highest BCUT2D eigenvalue weighted by atomic mass is 35.5. The fourth-order valence-electron chi connectivity index (χ4n) is 1.88. The normalized spacial score (nSPS) is 24.5. The molecule has 0 bridgehead atoms. The van der Waals surface area contributed by atoms with Crippen LogP contribution < -0.4 is 10.2 Å². The molecule has 0 aromatic heterocycles. The molecule has 0 spiro atoms. The van der Waals surface area contributed by atoms with Crippen molar-refractivity contribution in [3.63, 3.8) is 0 Å². The number of carbonyl (C=O) groups excluding carboxylic acids is 1. The SMILES string of the molecule is CN(C)c1ccccc1NC(=O)[C@]1(C)CC1(Cl)Cl. The van der Waals surface area contributed by atoms with Crippen LogP contribution in [-0.4, -0.2) is 24.3 Å². The molecule has 0 radical (unpaired) electrons. The lowest BCUT2D eigenvalue weighted by atomic mass is 10.1. The number of nitrogens with zero attached hydrogens (tertiary/aromatic N) is 1. The Morgan fingerprint density at radius 1 is 1.33 bits per heavy atom. The first-order valence-corrected chi connectivity index (χ1v) is 6.49. The summed E-state index contributed by atoms with van der Waals surface area (Å²) in [5.74, 6) is -0.137. The molecule has 1 atom stereocenters. The maximum absolute atomic E-state index is 12.2. The molecule has 0 aliphatic heterocycles. The van der Waals surface area contributed by atoms with Gasteiger partial charge < -0.3 is 10.2 Å². The fraction of sp³-hybridized carbons (Fsp3) is 0.462. The van der Waals surface area contributed by atoms with E-state index in [2.05, 4.69) is 5.32 Å². The van der Waals surface area contributed by atoms with Gasteiger partial charge in [-0.25, -0.2) is 0 Å². The fourth-order valence-corrected chi connectivity index (χ4v) is 2.58. The Balaban J connectivity index is 2.19. The van der Waals surface area contributed by atoms with Crippen molar-refractivity contribution in [3.05, 3.63) is 24.3 Å². The highest BCUT2D eigenvalue weighted by Gasteiger charge is 2.67. The van der Waals surface area contributed by atoms with E-state index in [1.165, 1.54) is 0 Å². The summed E-state index contributed by atoms with van der Waals surface area (Å²) in [5.41, 5.74) is 1.02. The molecule has 1 saturated carbocycles. The molecule has 1 N–H and O–H groups in total. The molecule has 98 valence electrons. The summed E-state index contributed by atoms with van der Waals surface area (Å²) in [5, 5.41) is 2.90. The van der Waals surface area contributed by atoms with Gasteiger partial charge in [-0.05, 0) is 25.5 Å². The Morgan fingerprint density at radius 3 is 2.39 bits per heavy atom. The minimum Gasteiger partial charge on any atom is -0.376 e. The summed E-state index contributed by atoms with van der Waals surface area (Å²) in [7, 11) is 3.86. The van der Waals surface area contributed by atoms with E-state index >= 15 is 0 Å². The third kappa shape index (κ3) is 2.17. The van der Waals surface area contributed by atoms with Crippen molar-refractivity contribution >= 4 is 40.5 Å². The summed E-state index contributed by atoms with van der Waals surface area (Å²) in [6, 6.07) is 7.62. The van der Waals surface area contributed by atoms with Gasteiger partial charge in [0.15, 0.2) is 0 Å². The summed E-state index contributed by atoms with van der Waals surface area (Å²) >= 11 is 12.0. The van der Waals surface area contributed by atoms with Crippen LogP contribution in [0.1, 0.15) is 13.3 Å². The van der Waals surface area contributed by atoms with Gasteiger partial charge in [-0.2, -0.15) is 0 Å². The van der Waals surface area contributed by atoms with Crippen LogP contribution in [0, 0.1) is 5.41 Å². The zero-order valence-electron chi connectivity index (χ0n) is 10.6. The number of alkyl halides is 2. The molecule has 1 aliphatic rings. The number of hydrogen-bond acceptors (Lipinski definition) is 2. The minimum absolute atomic E-state index is 0.137. The molecule has 1 fully saturated rings. The third-order valence-electron chi connectivity index (χ3n) is 3.39. The molecule has 1 amide bonds. The molecule has 0 saturated heterocycles. The van der Waals surface area contributed by atoms with E-state index in [0.29, 0.717) is 6.42 Å². The first kappa shape index (κ1) is 13.5. The van der Waals surface area contributed by atoms with E-state index in [0.717, 1.165) is 11.4 Å². The number of anilines is 2. The topological polar surface area (TPSA) is 32.3 Å². The van der Waals surface area contributed by atoms with E-state index < -0.39 is 9.75 Å². The Bertz CT molecular complexity index is 488. The van der Waals surface area contributed by atoms with Crippen molar-refractivity contribution in [2.45, 2.75) is 17.7 Å². The van der Waals surface area contributed by atoms with Crippen molar-refractivity contribution in [2.24, 2.45) is 5.41 Å². The van der Waals surface area contributed by atoms with Gasteiger partial charge in [0, 0.05) is 14.1 Å². The van der Waals surface area contributed by atoms with Gasteiger partial charge in [-0.1, -0.05) is 12.1 Å². The van der Waals surface area contributed by atoms with Gasteiger partial charge in [-0.3, -0.25) is 4.79 Å². The predicted molar refractivity (Wildman–Crippen MR) is 76.6 cm³/mol. The molecule has 18 heavy (non-hydrogen) atoms. The largest absolute Gasteiger partial charge is 0.376 e. The molecular weight excluding hydrogens is 271 g/mol. The van der Waals surface area contributed by atoms with Crippen molar-refractivity contribution in [1.29, 1.82) is 0 Å². The van der Waals surface area contributed by atoms with Crippen LogP contribution in [0.5, 0.6) is 0 Å². The van der Waals surface area contributed by atoms with E-state index in [4.69, 9.17) is 23.2 Å². The molecule has 0 heterocycles. The molecule has 1 aromatic carbocycles. The zero-order chi connectivity index (χ0) is 13.6. The molecule has 2 rings (SSSR count). The van der Waals surface area contributed by atoms with Crippen LogP contribution >= 0.6 is 23.2 Å². The number of para-hydroxylation sites is 2. The molecule has 5 heteroatoms. The molecular formula is C13H16Cl2N2O. The van der Waals surface area contributed by atoms with Crippen LogP contribution in [0.3, 0.4) is 0 Å². The number of hydrogen-bond donors (Lipinski definition) is 1. The average molecular weight is 287 g/mol. The summed E-state index contributed by atoms with van der Waals surface area (Å²) < 4.78 is -0.940. The van der Waals surface area contributed by atoms with Crippen molar-refractivity contribution in [1.82, 2.24) is 0 Å². The lowest BCUT2D eigenvalue weighted by molar-refractivity contribution is -0.120. The Morgan fingerprint density at radius 2 is 1.89 bits per heavy atom. The quantitative estimate of drug-likeness (QED) is 0.865. The standard InChI is InChI=1S/C13H16Cl2N2O/c1-12(8-13(12,14)15)11(18)16-9-6-4-5-7-10(9)17(2)3/h4-7H,8H2,1-3H3,(H,16,18)/t12-/m0/s1. The van der Waals surface area contributed by atoms with Crippen LogP contribution in [0.2, 0.25) is 0 Å². The second-order valence-electron chi connectivity index (χ2n) is 5.08. The molecule has 3 nitrogen and oxygen atoms in total. The van der Waals surface area contributed by atoms with Gasteiger partial charge >= 0.3 is 0 Å². The maximum Gasteiger partial charge on any atom is 0.233 e. The second-order valence-corrected chi connectivity index (χ2v) is 6.56. The summed E-state index contributed by atoms with van der Waals surface area (Å²) in [4.78, 5) is 14.1. The average Bonchev–Trinajstić information content (AvgIpc) is 2.80. The van der Waals surface area contributed by atoms with Gasteiger partial charge in [0.1, 0.15) is 4.33 Å². The minimum atomic E-state index is -0.940. The second kappa shape index (κ2) is 4.32. The van der Waals surface area contributed by atoms with E-state index in [1.54, 1.807) is 6.92 Å². The number of amides is 1. The van der Waals surface area contributed by atoms with E-state index in [-0.39, 0.29) is 5.91 Å². The lowest BCUT2D eigenvalue weighted by Crippen LogP contribution is -2.26. The first-order valence-electron chi connectivity index (χ1n) is 5.73. The lowest BCUT2D eigenvalue weighted by Gasteiger charge is -2.19. The van der Waals surface area contributed by atoms with Gasteiger partial charge in [-0.15, -0.1) is 23.2 Å². The highest BCUT2D eigenvalue weighted by molar-refractivity contribution is 6.53. The van der Waals surface area contributed by atoms with Crippen molar-refractivity contribution < 1.29 is 4.79 Å². The number of benzene rings is 1. The predicted octanol–water partition coefficient (Wildman–Crippen LogP) is 3.28. The zero-order valence-corrected chi connectivity index (χ0v) is 12.1. The van der Waals surface area contributed by atoms with Crippen LogP contribution in [0.25, 0.3) is 0 Å². The van der Waals surface area contributed by atoms with E-state index in [1.807, 2.05) is 43.3 Å². The Kier molecular flexibility index (Phi) is 3.24. The molecule has 1 aromatic rings. The number of halogens is 2. The number of rotatable bonds is 3. The summed E-state index contributed by atoms with van der Waals surface area (Å²) in [6.45, 7) is 1.78. The summed E-state index contributed by atoms with van der Waals surface area (Å²) in [6.07, 6.45) is 0.485. The van der Waals surface area contributed by atoms with Gasteiger partial charge in [0.05, 0.1) is 16.8 Å². The van der Waals surface area contributed by atoms with Crippen LogP contribution in [-0.2, 0) is 4.79 Å². The molecule has 0 unspecified atom stereocenters. The van der Waals surface area contributed by atoms with Crippen LogP contribution in [0.4, 0.5) is 11.4 Å². The third-order valence-corrected chi connectivity index (χ3v) is 4.49. The highest BCUT2D eigenvalue weighted by Crippen LogP contribution is 2.64. The van der Waals surface area contributed by atoms with Crippen LogP contribution in [0.15, 0.2) is 24.3 Å². The number of nitrogens with one attached hydrogen (secondary N) is 1. The molecule has 1 aliphatic carbocycles. The van der Waals surface area contributed by atoms with E-state index in [9.17, 15) is 4.79 Å².